The van der Waals surface area contributed by atoms with E-state index in [1.54, 1.807) is 24.4 Å². The van der Waals surface area contributed by atoms with Gasteiger partial charge in [0.25, 0.3) is 0 Å². The van der Waals surface area contributed by atoms with Gasteiger partial charge in [-0.15, -0.1) is 0 Å². The molecule has 1 aromatic heterocycles. The number of hydrogen-bond acceptors (Lipinski definition) is 6. The number of rotatable bonds is 4. The molecular formula is C16H16FN5O. The Morgan fingerprint density at radius 2 is 2.13 bits per heavy atom. The molecule has 2 heterocycles. The fourth-order valence-corrected chi connectivity index (χ4v) is 2.32. The van der Waals surface area contributed by atoms with Gasteiger partial charge in [0.1, 0.15) is 12.4 Å². The Morgan fingerprint density at radius 3 is 2.87 bits per heavy atom. The lowest BCUT2D eigenvalue weighted by molar-refractivity contribution is 0.287. The number of anilines is 1. The second-order valence-electron chi connectivity index (χ2n) is 5.14. The van der Waals surface area contributed by atoms with Crippen molar-refractivity contribution in [3.63, 3.8) is 0 Å². The second-order valence-corrected chi connectivity index (χ2v) is 5.14. The van der Waals surface area contributed by atoms with E-state index in [1.807, 2.05) is 6.07 Å². The third kappa shape index (κ3) is 3.73. The summed E-state index contributed by atoms with van der Waals surface area (Å²) in [4.78, 5) is 10.7. The van der Waals surface area contributed by atoms with Gasteiger partial charge in [0.2, 0.25) is 11.8 Å². The van der Waals surface area contributed by atoms with Crippen LogP contribution in [0, 0.1) is 17.1 Å². The Kier molecular flexibility index (Phi) is 4.64. The predicted molar refractivity (Wildman–Crippen MR) is 82.6 cm³/mol. The van der Waals surface area contributed by atoms with Gasteiger partial charge in [-0.2, -0.15) is 10.2 Å². The van der Waals surface area contributed by atoms with Gasteiger partial charge < -0.3 is 15.0 Å². The van der Waals surface area contributed by atoms with Crippen molar-refractivity contribution in [2.45, 2.75) is 6.61 Å². The average Bonchev–Trinajstić information content (AvgIpc) is 2.61. The highest BCUT2D eigenvalue weighted by Crippen LogP contribution is 2.16. The molecule has 7 heteroatoms. The van der Waals surface area contributed by atoms with Gasteiger partial charge in [-0.05, 0) is 12.1 Å². The summed E-state index contributed by atoms with van der Waals surface area (Å²) in [7, 11) is 0. The average molecular weight is 313 g/mol. The topological polar surface area (TPSA) is 74.1 Å². The fraction of sp³-hybridized carbons (Fsp3) is 0.312. The van der Waals surface area contributed by atoms with E-state index in [-0.39, 0.29) is 12.2 Å². The van der Waals surface area contributed by atoms with E-state index < -0.39 is 5.82 Å². The molecule has 1 fully saturated rings. The number of halogens is 1. The van der Waals surface area contributed by atoms with Crippen LogP contribution in [-0.4, -0.2) is 36.1 Å². The first kappa shape index (κ1) is 15.2. The zero-order valence-corrected chi connectivity index (χ0v) is 12.5. The lowest BCUT2D eigenvalue weighted by Gasteiger charge is -2.27. The summed E-state index contributed by atoms with van der Waals surface area (Å²) >= 11 is 0. The number of benzene rings is 1. The molecule has 0 amide bonds. The molecule has 23 heavy (non-hydrogen) atoms. The number of ether oxygens (including phenoxy) is 1. The van der Waals surface area contributed by atoms with Crippen LogP contribution in [0.1, 0.15) is 11.1 Å². The number of aromatic nitrogens is 2. The van der Waals surface area contributed by atoms with Crippen LogP contribution in [0.4, 0.5) is 10.3 Å². The summed E-state index contributed by atoms with van der Waals surface area (Å²) in [5.74, 6) is 0.557. The van der Waals surface area contributed by atoms with Crippen molar-refractivity contribution in [3.05, 3.63) is 47.4 Å². The first-order valence-electron chi connectivity index (χ1n) is 7.36. The number of hydrogen-bond donors (Lipinski definition) is 1. The van der Waals surface area contributed by atoms with Crippen molar-refractivity contribution >= 4 is 5.95 Å². The maximum atomic E-state index is 13.8. The van der Waals surface area contributed by atoms with E-state index in [9.17, 15) is 4.39 Å². The van der Waals surface area contributed by atoms with Crippen molar-refractivity contribution in [1.29, 1.82) is 5.26 Å². The largest absolute Gasteiger partial charge is 0.473 e. The molecule has 0 spiro atoms. The number of nitrogens with zero attached hydrogens (tertiary/aromatic N) is 4. The highest BCUT2D eigenvalue weighted by Gasteiger charge is 2.13. The van der Waals surface area contributed by atoms with Crippen LogP contribution < -0.4 is 15.0 Å². The molecular weight excluding hydrogens is 297 g/mol. The molecule has 0 radical (unpaired) electrons. The first-order chi connectivity index (χ1) is 11.3. The van der Waals surface area contributed by atoms with Gasteiger partial charge in [0, 0.05) is 44.0 Å². The SMILES string of the molecule is N#Cc1ccc(COc2ccnc(N3CCNCC3)n2)c(F)c1. The normalized spacial score (nSPS) is 14.3. The predicted octanol–water partition coefficient (Wildman–Crippen LogP) is 1.48. The standard InChI is InChI=1S/C16H16FN5O/c17-14-9-12(10-18)1-2-13(14)11-23-15-3-4-20-16(21-15)22-7-5-19-6-8-22/h1-4,9,19H,5-8,11H2. The molecule has 0 unspecified atom stereocenters. The summed E-state index contributed by atoms with van der Waals surface area (Å²) in [6.07, 6.45) is 1.63. The lowest BCUT2D eigenvalue weighted by Crippen LogP contribution is -2.44. The molecule has 2 aromatic rings. The highest BCUT2D eigenvalue weighted by molar-refractivity contribution is 5.34. The smallest absolute Gasteiger partial charge is 0.228 e. The summed E-state index contributed by atoms with van der Waals surface area (Å²) in [5.41, 5.74) is 0.667. The number of nitriles is 1. The van der Waals surface area contributed by atoms with Gasteiger partial charge in [-0.25, -0.2) is 9.37 Å². The van der Waals surface area contributed by atoms with Crippen LogP contribution in [0.2, 0.25) is 0 Å². The van der Waals surface area contributed by atoms with Crippen LogP contribution in [-0.2, 0) is 6.61 Å². The van der Waals surface area contributed by atoms with E-state index in [2.05, 4.69) is 20.2 Å². The van der Waals surface area contributed by atoms with E-state index in [0.29, 0.717) is 17.4 Å². The Bertz CT molecular complexity index is 725. The Labute approximate surface area is 133 Å². The zero-order valence-electron chi connectivity index (χ0n) is 12.5. The molecule has 1 aromatic carbocycles. The molecule has 6 nitrogen and oxygen atoms in total. The molecule has 0 bridgehead atoms. The maximum absolute atomic E-state index is 13.8. The third-order valence-corrected chi connectivity index (χ3v) is 3.57. The Balaban J connectivity index is 1.67. The summed E-state index contributed by atoms with van der Waals surface area (Å²) in [5, 5.41) is 12.0. The van der Waals surface area contributed by atoms with E-state index >= 15 is 0 Å². The zero-order chi connectivity index (χ0) is 16.1. The van der Waals surface area contributed by atoms with Crippen molar-refractivity contribution in [3.8, 4) is 11.9 Å². The van der Waals surface area contributed by atoms with Gasteiger partial charge >= 0.3 is 0 Å². The summed E-state index contributed by atoms with van der Waals surface area (Å²) in [6.45, 7) is 3.52. The molecule has 0 aliphatic carbocycles. The van der Waals surface area contributed by atoms with Crippen molar-refractivity contribution in [2.24, 2.45) is 0 Å². The third-order valence-electron chi connectivity index (χ3n) is 3.57. The second kappa shape index (κ2) is 7.03. The van der Waals surface area contributed by atoms with Crippen molar-refractivity contribution in [1.82, 2.24) is 15.3 Å². The number of nitrogens with one attached hydrogen (secondary N) is 1. The molecule has 1 aliphatic heterocycles. The van der Waals surface area contributed by atoms with Crippen LogP contribution in [0.15, 0.2) is 30.5 Å². The first-order valence-corrected chi connectivity index (χ1v) is 7.36. The summed E-state index contributed by atoms with van der Waals surface area (Å²) in [6, 6.07) is 7.86. The minimum atomic E-state index is -0.458. The Morgan fingerprint density at radius 1 is 1.30 bits per heavy atom. The highest BCUT2D eigenvalue weighted by atomic mass is 19.1. The van der Waals surface area contributed by atoms with Crippen molar-refractivity contribution < 1.29 is 9.13 Å². The van der Waals surface area contributed by atoms with E-state index in [0.717, 1.165) is 26.2 Å². The summed E-state index contributed by atoms with van der Waals surface area (Å²) < 4.78 is 19.4. The molecule has 0 saturated carbocycles. The van der Waals surface area contributed by atoms with Crippen molar-refractivity contribution in [2.75, 3.05) is 31.1 Å². The lowest BCUT2D eigenvalue weighted by atomic mass is 10.1. The molecule has 1 aliphatic rings. The molecule has 0 atom stereocenters. The van der Waals surface area contributed by atoms with Crippen LogP contribution >= 0.6 is 0 Å². The van der Waals surface area contributed by atoms with Gasteiger partial charge in [-0.1, -0.05) is 6.07 Å². The Hall–Kier alpha value is -2.72. The molecule has 1 saturated heterocycles. The van der Waals surface area contributed by atoms with Crippen LogP contribution in [0.25, 0.3) is 0 Å². The van der Waals surface area contributed by atoms with Gasteiger partial charge in [0.05, 0.1) is 11.6 Å². The minimum Gasteiger partial charge on any atom is -0.473 e. The fourth-order valence-electron chi connectivity index (χ4n) is 2.32. The van der Waals surface area contributed by atoms with Gasteiger partial charge in [-0.3, -0.25) is 0 Å². The maximum Gasteiger partial charge on any atom is 0.228 e. The van der Waals surface area contributed by atoms with E-state index in [1.165, 1.54) is 6.07 Å². The van der Waals surface area contributed by atoms with Crippen LogP contribution in [0.3, 0.4) is 0 Å². The monoisotopic (exact) mass is 313 g/mol. The minimum absolute atomic E-state index is 0.0511. The van der Waals surface area contributed by atoms with Crippen LogP contribution in [0.5, 0.6) is 5.88 Å². The molecule has 3 rings (SSSR count). The van der Waals surface area contributed by atoms with E-state index in [4.69, 9.17) is 10.00 Å². The quantitative estimate of drug-likeness (QED) is 0.921. The molecule has 118 valence electrons. The van der Waals surface area contributed by atoms with Gasteiger partial charge in [0.15, 0.2) is 0 Å². The molecule has 1 N–H and O–H groups in total. The number of piperazine rings is 1.